The van der Waals surface area contributed by atoms with Crippen molar-refractivity contribution in [2.75, 3.05) is 35.9 Å². The van der Waals surface area contributed by atoms with E-state index in [9.17, 15) is 8.42 Å². The lowest BCUT2D eigenvalue weighted by Crippen LogP contribution is -2.36. The molecule has 11 heteroatoms. The number of ether oxygens (including phenoxy) is 1. The molecule has 9 nitrogen and oxygen atoms in total. The maximum Gasteiger partial charge on any atom is 0.263 e. The van der Waals surface area contributed by atoms with Gasteiger partial charge in [0.1, 0.15) is 4.90 Å². The zero-order valence-electron chi connectivity index (χ0n) is 19.9. The first-order valence-electron chi connectivity index (χ1n) is 11.8. The molecule has 1 saturated heterocycles. The average Bonchev–Trinajstić information content (AvgIpc) is 3.29. The Hall–Kier alpha value is -3.73. The molecule has 188 valence electrons. The predicted octanol–water partition coefficient (Wildman–Crippen LogP) is 4.54. The lowest BCUT2D eigenvalue weighted by molar-refractivity contribution is 0.123. The number of halogens is 1. The molecule has 37 heavy (non-hydrogen) atoms. The lowest BCUT2D eigenvalue weighted by Gasteiger charge is -2.31. The third-order valence-electron chi connectivity index (χ3n) is 6.41. The minimum Gasteiger partial charge on any atom is -0.378 e. The zero-order chi connectivity index (χ0) is 25.6. The van der Waals surface area contributed by atoms with E-state index in [1.807, 2.05) is 49.4 Å². The molecule has 0 spiro atoms. The van der Waals surface area contributed by atoms with Crippen molar-refractivity contribution in [3.63, 3.8) is 0 Å². The maximum atomic E-state index is 13.4. The molecule has 1 aliphatic heterocycles. The summed E-state index contributed by atoms with van der Waals surface area (Å²) in [6, 6.07) is 19.9. The van der Waals surface area contributed by atoms with Crippen molar-refractivity contribution < 1.29 is 13.2 Å². The third kappa shape index (κ3) is 4.26. The van der Waals surface area contributed by atoms with Crippen molar-refractivity contribution in [1.82, 2.24) is 19.8 Å². The van der Waals surface area contributed by atoms with E-state index in [4.69, 9.17) is 21.4 Å². The molecule has 0 aliphatic carbocycles. The number of sulfonamides is 1. The Bertz CT molecular complexity index is 1750. The number of hydrogen-bond donors (Lipinski definition) is 1. The first-order valence-corrected chi connectivity index (χ1v) is 13.6. The minimum atomic E-state index is -3.96. The molecular weight excluding hydrogens is 512 g/mol. The van der Waals surface area contributed by atoms with E-state index in [0.717, 1.165) is 22.0 Å². The van der Waals surface area contributed by atoms with Crippen LogP contribution in [0.15, 0.2) is 71.6 Å². The van der Waals surface area contributed by atoms with Crippen molar-refractivity contribution in [2.24, 2.45) is 0 Å². The Morgan fingerprint density at radius 2 is 1.68 bits per heavy atom. The number of hydrogen-bond acceptors (Lipinski definition) is 7. The van der Waals surface area contributed by atoms with Crippen LogP contribution in [0.25, 0.3) is 27.7 Å². The molecule has 3 aromatic carbocycles. The summed E-state index contributed by atoms with van der Waals surface area (Å²) < 4.78 is 36.9. The molecule has 6 rings (SSSR count). The van der Waals surface area contributed by atoms with E-state index in [1.54, 1.807) is 22.7 Å². The van der Waals surface area contributed by atoms with Gasteiger partial charge in [-0.25, -0.2) is 8.42 Å². The Morgan fingerprint density at radius 3 is 2.46 bits per heavy atom. The van der Waals surface area contributed by atoms with E-state index in [2.05, 4.69) is 19.8 Å². The van der Waals surface area contributed by atoms with Crippen LogP contribution in [0.4, 0.5) is 11.4 Å². The van der Waals surface area contributed by atoms with Crippen LogP contribution in [-0.2, 0) is 14.8 Å². The summed E-state index contributed by atoms with van der Waals surface area (Å²) in [6.07, 6.45) is 0. The number of morpholine rings is 1. The molecule has 1 aliphatic rings. The highest BCUT2D eigenvalue weighted by Gasteiger charge is 2.23. The summed E-state index contributed by atoms with van der Waals surface area (Å²) in [5.41, 5.74) is 3.30. The third-order valence-corrected chi connectivity index (χ3v) is 8.28. The number of nitrogens with zero attached hydrogens (tertiary/aromatic N) is 5. The summed E-state index contributed by atoms with van der Waals surface area (Å²) in [6.45, 7) is 4.26. The van der Waals surface area contributed by atoms with Crippen LogP contribution in [0.5, 0.6) is 0 Å². The quantitative estimate of drug-likeness (QED) is 0.353. The van der Waals surface area contributed by atoms with Gasteiger partial charge in [0.2, 0.25) is 0 Å². The molecule has 0 atom stereocenters. The van der Waals surface area contributed by atoms with Gasteiger partial charge in [0.05, 0.1) is 35.3 Å². The molecule has 0 amide bonds. The topological polar surface area (TPSA) is 102 Å². The van der Waals surface area contributed by atoms with Crippen molar-refractivity contribution >= 4 is 49.4 Å². The molecule has 0 unspecified atom stereocenters. The fourth-order valence-corrected chi connectivity index (χ4v) is 6.19. The Labute approximate surface area is 218 Å². The number of nitrogens with one attached hydrogen (secondary N) is 1. The molecule has 5 aromatic rings. The average molecular weight is 535 g/mol. The Balaban J connectivity index is 1.53. The standard InChI is InChI=1S/C26H23ClN6O3S/c1-17-28-29-26-20-7-3-2-6-19(20)25(30-33(17)26)18-10-11-23(32-12-14-36-15-13-32)22(16-18)31-37(34,35)24-9-5-4-8-21(24)27/h2-11,16,31H,12-15H2,1H3. The smallest absolute Gasteiger partial charge is 0.263 e. The van der Waals surface area contributed by atoms with E-state index in [1.165, 1.54) is 6.07 Å². The van der Waals surface area contributed by atoms with Crippen LogP contribution < -0.4 is 9.62 Å². The molecule has 0 bridgehead atoms. The number of benzene rings is 3. The molecular formula is C26H23ClN6O3S. The van der Waals surface area contributed by atoms with Gasteiger partial charge in [-0.15, -0.1) is 10.2 Å². The van der Waals surface area contributed by atoms with Crippen LogP contribution in [-0.4, -0.2) is 54.5 Å². The second-order valence-electron chi connectivity index (χ2n) is 8.74. The highest BCUT2D eigenvalue weighted by Crippen LogP contribution is 2.36. The van der Waals surface area contributed by atoms with E-state index in [-0.39, 0.29) is 9.92 Å². The number of rotatable bonds is 5. The van der Waals surface area contributed by atoms with Gasteiger partial charge in [0.15, 0.2) is 11.5 Å². The van der Waals surface area contributed by atoms with Gasteiger partial charge in [-0.1, -0.05) is 54.1 Å². The number of aromatic nitrogens is 4. The van der Waals surface area contributed by atoms with Gasteiger partial charge in [-0.05, 0) is 31.2 Å². The van der Waals surface area contributed by atoms with Gasteiger partial charge >= 0.3 is 0 Å². The fourth-order valence-electron chi connectivity index (χ4n) is 4.60. The number of fused-ring (bicyclic) bond motifs is 3. The molecule has 2 aromatic heterocycles. The maximum absolute atomic E-state index is 13.4. The molecule has 3 heterocycles. The van der Waals surface area contributed by atoms with Crippen molar-refractivity contribution in [1.29, 1.82) is 0 Å². The normalized spacial score (nSPS) is 14.4. The minimum absolute atomic E-state index is 0.0140. The second-order valence-corrected chi connectivity index (χ2v) is 10.8. The summed E-state index contributed by atoms with van der Waals surface area (Å²) in [4.78, 5) is 2.12. The largest absolute Gasteiger partial charge is 0.378 e. The predicted molar refractivity (Wildman–Crippen MR) is 144 cm³/mol. The molecule has 1 N–H and O–H groups in total. The first kappa shape index (κ1) is 23.7. The molecule has 0 saturated carbocycles. The van der Waals surface area contributed by atoms with Crippen LogP contribution in [0.2, 0.25) is 5.02 Å². The van der Waals surface area contributed by atoms with Gasteiger partial charge < -0.3 is 9.64 Å². The second kappa shape index (κ2) is 9.29. The fraction of sp³-hybridized carbons (Fsp3) is 0.192. The van der Waals surface area contributed by atoms with Crippen molar-refractivity contribution in [3.8, 4) is 11.3 Å². The van der Waals surface area contributed by atoms with Crippen LogP contribution >= 0.6 is 11.6 Å². The Morgan fingerprint density at radius 1 is 0.946 bits per heavy atom. The molecule has 1 fully saturated rings. The summed E-state index contributed by atoms with van der Waals surface area (Å²) >= 11 is 6.24. The summed E-state index contributed by atoms with van der Waals surface area (Å²) in [5, 5.41) is 15.3. The van der Waals surface area contributed by atoms with E-state index in [0.29, 0.717) is 49.2 Å². The zero-order valence-corrected chi connectivity index (χ0v) is 21.5. The van der Waals surface area contributed by atoms with Crippen molar-refractivity contribution in [2.45, 2.75) is 11.8 Å². The van der Waals surface area contributed by atoms with Crippen LogP contribution in [0.3, 0.4) is 0 Å². The SMILES string of the molecule is Cc1nnc2c3ccccc3c(-c3ccc(N4CCOCC4)c(NS(=O)(=O)c4ccccc4Cl)c3)nn12. The highest BCUT2D eigenvalue weighted by molar-refractivity contribution is 7.92. The van der Waals surface area contributed by atoms with Gasteiger partial charge in [-0.3, -0.25) is 4.72 Å². The van der Waals surface area contributed by atoms with Crippen LogP contribution in [0.1, 0.15) is 5.82 Å². The summed E-state index contributed by atoms with van der Waals surface area (Å²) in [7, 11) is -3.96. The summed E-state index contributed by atoms with van der Waals surface area (Å²) in [5.74, 6) is 0.659. The van der Waals surface area contributed by atoms with Gasteiger partial charge in [0.25, 0.3) is 10.0 Å². The lowest BCUT2D eigenvalue weighted by atomic mass is 10.0. The monoisotopic (exact) mass is 534 g/mol. The number of aryl methyl sites for hydroxylation is 1. The van der Waals surface area contributed by atoms with E-state index >= 15 is 0 Å². The van der Waals surface area contributed by atoms with Gasteiger partial charge in [0, 0.05) is 29.4 Å². The van der Waals surface area contributed by atoms with Crippen LogP contribution in [0, 0.1) is 6.92 Å². The van der Waals surface area contributed by atoms with Crippen molar-refractivity contribution in [3.05, 3.63) is 77.6 Å². The van der Waals surface area contributed by atoms with Gasteiger partial charge in [-0.2, -0.15) is 9.61 Å². The Kier molecular flexibility index (Phi) is 5.94. The van der Waals surface area contributed by atoms with E-state index < -0.39 is 10.0 Å². The number of anilines is 2. The molecule has 0 radical (unpaired) electrons. The highest BCUT2D eigenvalue weighted by atomic mass is 35.5. The first-order chi connectivity index (χ1) is 17.9.